The summed E-state index contributed by atoms with van der Waals surface area (Å²) in [4.78, 5) is 18.1. The van der Waals surface area contributed by atoms with Crippen molar-refractivity contribution in [2.75, 3.05) is 0 Å². The molecular weight excluding hydrogens is 386 g/mol. The average Bonchev–Trinajstić information content (AvgIpc) is 3.19. The van der Waals surface area contributed by atoms with Crippen molar-refractivity contribution in [3.8, 4) is 16.5 Å². The Labute approximate surface area is 165 Å². The van der Waals surface area contributed by atoms with E-state index in [1.165, 1.54) is 11.3 Å². The van der Waals surface area contributed by atoms with Gasteiger partial charge in [-0.05, 0) is 50.1 Å². The molecule has 0 spiro atoms. The van der Waals surface area contributed by atoms with Crippen molar-refractivity contribution in [3.05, 3.63) is 52.2 Å². The smallest absolute Gasteiger partial charge is 0.267 e. The first-order chi connectivity index (χ1) is 13.1. The second-order valence-electron chi connectivity index (χ2n) is 6.43. The number of thiophene rings is 1. The van der Waals surface area contributed by atoms with Crippen LogP contribution in [0.5, 0.6) is 5.75 Å². The first-order valence-electron chi connectivity index (χ1n) is 8.71. The summed E-state index contributed by atoms with van der Waals surface area (Å²) in [7, 11) is 0. The molecule has 1 saturated carbocycles. The van der Waals surface area contributed by atoms with Gasteiger partial charge in [0.05, 0.1) is 11.4 Å². The molecule has 140 valence electrons. The number of benzene rings is 1. The van der Waals surface area contributed by atoms with Gasteiger partial charge in [-0.25, -0.2) is 0 Å². The summed E-state index contributed by atoms with van der Waals surface area (Å²) in [5, 5.41) is 7.60. The van der Waals surface area contributed by atoms with Gasteiger partial charge in [0.1, 0.15) is 5.75 Å². The highest BCUT2D eigenvalue weighted by atomic mass is 35.5. The third kappa shape index (κ3) is 4.48. The van der Waals surface area contributed by atoms with Crippen LogP contribution in [0.1, 0.15) is 36.6 Å². The SMILES string of the molecule is C[C@H](Oc1cccc(Cl)c1)c1nc(-c2ccc(CNC(=O)C3CC3)s2)no1. The van der Waals surface area contributed by atoms with Crippen molar-refractivity contribution in [3.63, 3.8) is 0 Å². The second kappa shape index (κ2) is 7.70. The van der Waals surface area contributed by atoms with Crippen molar-refractivity contribution >= 4 is 28.8 Å². The Morgan fingerprint density at radius 3 is 3.04 bits per heavy atom. The van der Waals surface area contributed by atoms with Crippen molar-refractivity contribution < 1.29 is 14.1 Å². The lowest BCUT2D eigenvalue weighted by atomic mass is 10.3. The maximum atomic E-state index is 11.7. The predicted octanol–water partition coefficient (Wildman–Crippen LogP) is 4.62. The molecule has 0 aliphatic heterocycles. The van der Waals surface area contributed by atoms with E-state index >= 15 is 0 Å². The van der Waals surface area contributed by atoms with Crippen LogP contribution in [-0.2, 0) is 11.3 Å². The number of ether oxygens (including phenoxy) is 1. The number of carbonyl (C=O) groups excluding carboxylic acids is 1. The molecule has 8 heteroatoms. The second-order valence-corrected chi connectivity index (χ2v) is 8.04. The van der Waals surface area contributed by atoms with Gasteiger partial charge in [-0.3, -0.25) is 4.79 Å². The van der Waals surface area contributed by atoms with E-state index in [9.17, 15) is 4.79 Å². The molecule has 4 rings (SSSR count). The Morgan fingerprint density at radius 2 is 2.26 bits per heavy atom. The van der Waals surface area contributed by atoms with E-state index < -0.39 is 6.10 Å². The molecule has 0 bridgehead atoms. The van der Waals surface area contributed by atoms with E-state index in [-0.39, 0.29) is 11.8 Å². The van der Waals surface area contributed by atoms with Crippen molar-refractivity contribution in [2.24, 2.45) is 5.92 Å². The largest absolute Gasteiger partial charge is 0.481 e. The molecule has 27 heavy (non-hydrogen) atoms. The zero-order chi connectivity index (χ0) is 18.8. The molecule has 2 heterocycles. The first kappa shape index (κ1) is 18.0. The van der Waals surface area contributed by atoms with Gasteiger partial charge in [0.25, 0.3) is 5.89 Å². The Kier molecular flexibility index (Phi) is 5.13. The minimum Gasteiger partial charge on any atom is -0.481 e. The first-order valence-corrected chi connectivity index (χ1v) is 9.90. The lowest BCUT2D eigenvalue weighted by Gasteiger charge is -2.10. The summed E-state index contributed by atoms with van der Waals surface area (Å²) in [5.74, 6) is 1.89. The van der Waals surface area contributed by atoms with Crippen molar-refractivity contribution in [2.45, 2.75) is 32.4 Å². The zero-order valence-corrected chi connectivity index (χ0v) is 16.2. The number of halogens is 1. The lowest BCUT2D eigenvalue weighted by molar-refractivity contribution is -0.122. The Bertz CT molecular complexity index is 951. The number of hydrogen-bond donors (Lipinski definition) is 1. The standard InChI is InChI=1S/C19H18ClN3O3S/c1-11(25-14-4-2-3-13(20)9-14)19-22-17(23-26-19)16-8-7-15(27-16)10-21-18(24)12-5-6-12/h2-4,7-9,11-12H,5-6,10H2,1H3,(H,21,24)/t11-/m0/s1. The van der Waals surface area contributed by atoms with E-state index in [1.807, 2.05) is 31.2 Å². The number of hydrogen-bond acceptors (Lipinski definition) is 6. The summed E-state index contributed by atoms with van der Waals surface area (Å²) in [6.07, 6.45) is 1.60. The third-order valence-electron chi connectivity index (χ3n) is 4.17. The van der Waals surface area contributed by atoms with Crippen LogP contribution < -0.4 is 10.1 Å². The molecule has 2 aromatic heterocycles. The lowest BCUT2D eigenvalue weighted by Crippen LogP contribution is -2.23. The number of nitrogens with one attached hydrogen (secondary N) is 1. The predicted molar refractivity (Wildman–Crippen MR) is 103 cm³/mol. The van der Waals surface area contributed by atoms with Gasteiger partial charge in [-0.15, -0.1) is 11.3 Å². The molecule has 1 aromatic carbocycles. The van der Waals surface area contributed by atoms with Crippen LogP contribution in [0, 0.1) is 5.92 Å². The maximum Gasteiger partial charge on any atom is 0.267 e. The summed E-state index contributed by atoms with van der Waals surface area (Å²) >= 11 is 7.50. The van der Waals surface area contributed by atoms with E-state index in [0.29, 0.717) is 29.0 Å². The van der Waals surface area contributed by atoms with E-state index in [2.05, 4.69) is 15.5 Å². The molecule has 1 aliphatic rings. The monoisotopic (exact) mass is 403 g/mol. The summed E-state index contributed by atoms with van der Waals surface area (Å²) in [6.45, 7) is 2.37. The summed E-state index contributed by atoms with van der Waals surface area (Å²) in [5.41, 5.74) is 0. The van der Waals surface area contributed by atoms with Crippen LogP contribution in [0.3, 0.4) is 0 Å². The fourth-order valence-electron chi connectivity index (χ4n) is 2.55. The summed E-state index contributed by atoms with van der Waals surface area (Å²) in [6, 6.07) is 11.1. The number of aromatic nitrogens is 2. The fraction of sp³-hybridized carbons (Fsp3) is 0.316. The van der Waals surface area contributed by atoms with Crippen molar-refractivity contribution in [1.29, 1.82) is 0 Å². The molecule has 1 atom stereocenters. The third-order valence-corrected chi connectivity index (χ3v) is 5.48. The van der Waals surface area contributed by atoms with Crippen LogP contribution in [0.25, 0.3) is 10.7 Å². The zero-order valence-electron chi connectivity index (χ0n) is 14.6. The highest BCUT2D eigenvalue weighted by Crippen LogP contribution is 2.30. The van der Waals surface area contributed by atoms with E-state index in [0.717, 1.165) is 22.6 Å². The van der Waals surface area contributed by atoms with Crippen LogP contribution in [-0.4, -0.2) is 16.0 Å². The fourth-order valence-corrected chi connectivity index (χ4v) is 3.61. The van der Waals surface area contributed by atoms with Gasteiger partial charge in [-0.2, -0.15) is 4.98 Å². The van der Waals surface area contributed by atoms with Crippen LogP contribution >= 0.6 is 22.9 Å². The molecule has 1 aliphatic carbocycles. The van der Waals surface area contributed by atoms with E-state index in [1.54, 1.807) is 12.1 Å². The molecular formula is C19H18ClN3O3S. The molecule has 1 fully saturated rings. The van der Waals surface area contributed by atoms with E-state index in [4.69, 9.17) is 20.9 Å². The van der Waals surface area contributed by atoms with Gasteiger partial charge in [-0.1, -0.05) is 22.8 Å². The molecule has 1 N–H and O–H groups in total. The highest BCUT2D eigenvalue weighted by Gasteiger charge is 2.29. The number of amides is 1. The maximum absolute atomic E-state index is 11.7. The molecule has 3 aromatic rings. The van der Waals surface area contributed by atoms with Crippen LogP contribution in [0.4, 0.5) is 0 Å². The van der Waals surface area contributed by atoms with Crippen molar-refractivity contribution in [1.82, 2.24) is 15.5 Å². The number of nitrogens with zero attached hydrogens (tertiary/aromatic N) is 2. The number of rotatable bonds is 7. The Balaban J connectivity index is 1.39. The Morgan fingerprint density at radius 1 is 1.41 bits per heavy atom. The molecule has 6 nitrogen and oxygen atoms in total. The summed E-state index contributed by atoms with van der Waals surface area (Å²) < 4.78 is 11.2. The van der Waals surface area contributed by atoms with Gasteiger partial charge in [0.15, 0.2) is 6.10 Å². The minimum absolute atomic E-state index is 0.138. The van der Waals surface area contributed by atoms with Gasteiger partial charge in [0, 0.05) is 15.8 Å². The minimum atomic E-state index is -0.401. The van der Waals surface area contributed by atoms with Gasteiger partial charge in [0.2, 0.25) is 11.7 Å². The highest BCUT2D eigenvalue weighted by molar-refractivity contribution is 7.15. The quantitative estimate of drug-likeness (QED) is 0.622. The topological polar surface area (TPSA) is 77.2 Å². The molecule has 0 saturated heterocycles. The average molecular weight is 404 g/mol. The van der Waals surface area contributed by atoms with Crippen LogP contribution in [0.2, 0.25) is 5.02 Å². The normalized spacial score (nSPS) is 14.7. The molecule has 1 amide bonds. The van der Waals surface area contributed by atoms with Crippen LogP contribution in [0.15, 0.2) is 40.9 Å². The van der Waals surface area contributed by atoms with Gasteiger partial charge < -0.3 is 14.6 Å². The number of carbonyl (C=O) groups is 1. The Hall–Kier alpha value is -2.38. The molecule has 0 unspecified atom stereocenters. The molecule has 0 radical (unpaired) electrons. The van der Waals surface area contributed by atoms with Gasteiger partial charge >= 0.3 is 0 Å².